The average molecular weight is 514 g/mol. The minimum absolute atomic E-state index is 0. The van der Waals surface area contributed by atoms with Crippen molar-refractivity contribution in [2.24, 2.45) is 0 Å². The number of ether oxygens (including phenoxy) is 1. The van der Waals surface area contributed by atoms with Crippen LogP contribution in [-0.2, 0) is 6.54 Å². The van der Waals surface area contributed by atoms with Gasteiger partial charge in [0.25, 0.3) is 11.5 Å². The highest BCUT2D eigenvalue weighted by Gasteiger charge is 2.25. The van der Waals surface area contributed by atoms with E-state index in [1.165, 1.54) is 23.0 Å². The maximum absolute atomic E-state index is 13.7. The lowest BCUT2D eigenvalue weighted by Gasteiger charge is -2.11. The van der Waals surface area contributed by atoms with E-state index in [0.717, 1.165) is 5.39 Å². The van der Waals surface area contributed by atoms with Crippen molar-refractivity contribution in [1.29, 1.82) is 0 Å². The molecule has 2 aromatic carbocycles. The topological polar surface area (TPSA) is 89.4 Å². The average Bonchev–Trinajstić information content (AvgIpc) is 3.25. The molecule has 4 rings (SSSR count). The third-order valence-electron chi connectivity index (χ3n) is 5.53. The standard InChI is InChI=1S/C26H27N3O4S.ClH/c1-16(2)27-13-14-28-25(31)24-22(33-3)21-23(34-24)18-11-7-8-12-19(18)29(26(21)32)15-20(30)17-9-5-4-6-10-17;/h4-12,16,27H,13-15H2,1-3H3,(H,28,31);1H. The first kappa shape index (κ1) is 26.4. The number of amides is 1. The molecule has 0 bridgehead atoms. The number of nitrogens with one attached hydrogen (secondary N) is 2. The lowest BCUT2D eigenvalue weighted by Crippen LogP contribution is -2.34. The minimum Gasteiger partial charge on any atom is -0.494 e. The predicted molar refractivity (Wildman–Crippen MR) is 144 cm³/mol. The molecule has 0 spiro atoms. The summed E-state index contributed by atoms with van der Waals surface area (Å²) in [5.74, 6) is -0.220. The van der Waals surface area contributed by atoms with Gasteiger partial charge in [-0.05, 0) is 6.07 Å². The molecule has 1 amide bonds. The number of aromatic nitrogens is 1. The van der Waals surface area contributed by atoms with Crippen LogP contribution in [0.25, 0.3) is 21.0 Å². The lowest BCUT2D eigenvalue weighted by atomic mass is 10.1. The Kier molecular flexibility index (Phi) is 8.67. The summed E-state index contributed by atoms with van der Waals surface area (Å²) in [6, 6.07) is 16.6. The van der Waals surface area contributed by atoms with Gasteiger partial charge in [0.05, 0.1) is 23.9 Å². The second-order valence-corrected chi connectivity index (χ2v) is 9.25. The Labute approximate surface area is 213 Å². The molecule has 35 heavy (non-hydrogen) atoms. The van der Waals surface area contributed by atoms with E-state index >= 15 is 0 Å². The van der Waals surface area contributed by atoms with E-state index in [1.54, 1.807) is 24.3 Å². The van der Waals surface area contributed by atoms with E-state index in [1.807, 2.05) is 44.2 Å². The molecule has 0 fully saturated rings. The molecular formula is C26H28ClN3O4S. The number of methoxy groups -OCH3 is 1. The van der Waals surface area contributed by atoms with Crippen molar-refractivity contribution in [3.8, 4) is 5.75 Å². The molecule has 0 aliphatic rings. The van der Waals surface area contributed by atoms with Crippen molar-refractivity contribution in [3.05, 3.63) is 75.4 Å². The van der Waals surface area contributed by atoms with E-state index in [0.29, 0.717) is 45.2 Å². The maximum Gasteiger partial charge on any atom is 0.265 e. The van der Waals surface area contributed by atoms with E-state index in [2.05, 4.69) is 10.6 Å². The molecule has 2 aromatic heterocycles. The highest BCUT2D eigenvalue weighted by atomic mass is 35.5. The number of carbonyl (C=O) groups is 2. The van der Waals surface area contributed by atoms with Crippen molar-refractivity contribution in [1.82, 2.24) is 15.2 Å². The van der Waals surface area contributed by atoms with Crippen molar-refractivity contribution >= 4 is 56.4 Å². The SMILES string of the molecule is COc1c(C(=O)NCCNC(C)C)sc2c1c(=O)n(CC(=O)c1ccccc1)c1ccccc21.Cl. The molecule has 2 heterocycles. The van der Waals surface area contributed by atoms with Gasteiger partial charge in [0.15, 0.2) is 11.5 Å². The summed E-state index contributed by atoms with van der Waals surface area (Å²) in [6.45, 7) is 5.05. The Morgan fingerprint density at radius 3 is 2.40 bits per heavy atom. The van der Waals surface area contributed by atoms with Crippen LogP contribution in [0.1, 0.15) is 33.9 Å². The molecule has 4 aromatic rings. The number of ketones is 1. The Morgan fingerprint density at radius 1 is 1.03 bits per heavy atom. The Bertz CT molecular complexity index is 1410. The Hall–Kier alpha value is -3.20. The van der Waals surface area contributed by atoms with Crippen molar-refractivity contribution in [3.63, 3.8) is 0 Å². The summed E-state index contributed by atoms with van der Waals surface area (Å²) in [4.78, 5) is 39.9. The van der Waals surface area contributed by atoms with Crippen LogP contribution in [0.2, 0.25) is 0 Å². The molecule has 0 aliphatic carbocycles. The van der Waals surface area contributed by atoms with E-state index < -0.39 is 0 Å². The monoisotopic (exact) mass is 513 g/mol. The number of para-hydroxylation sites is 1. The highest BCUT2D eigenvalue weighted by molar-refractivity contribution is 7.22. The normalized spacial score (nSPS) is 11.0. The Morgan fingerprint density at radius 2 is 1.71 bits per heavy atom. The summed E-state index contributed by atoms with van der Waals surface area (Å²) in [5, 5.41) is 7.25. The number of rotatable bonds is 9. The number of nitrogens with zero attached hydrogens (tertiary/aromatic N) is 1. The van der Waals surface area contributed by atoms with Crippen LogP contribution in [-0.4, -0.2) is 42.5 Å². The van der Waals surface area contributed by atoms with Gasteiger partial charge in [-0.3, -0.25) is 19.0 Å². The molecule has 2 N–H and O–H groups in total. The van der Waals surface area contributed by atoms with Gasteiger partial charge in [0, 0.05) is 30.1 Å². The lowest BCUT2D eigenvalue weighted by molar-refractivity contribution is 0.0951. The van der Waals surface area contributed by atoms with Crippen LogP contribution in [0.15, 0.2) is 59.4 Å². The zero-order valence-electron chi connectivity index (χ0n) is 19.8. The molecule has 0 aliphatic heterocycles. The molecule has 0 saturated heterocycles. The van der Waals surface area contributed by atoms with Gasteiger partial charge in [-0.2, -0.15) is 0 Å². The van der Waals surface area contributed by atoms with Crippen LogP contribution in [0, 0.1) is 0 Å². The maximum atomic E-state index is 13.7. The zero-order chi connectivity index (χ0) is 24.2. The number of hydrogen-bond donors (Lipinski definition) is 2. The quantitative estimate of drug-likeness (QED) is 0.258. The minimum atomic E-state index is -0.355. The molecule has 0 unspecified atom stereocenters. The second kappa shape index (κ2) is 11.5. The number of hydrogen-bond acceptors (Lipinski definition) is 6. The van der Waals surface area contributed by atoms with Gasteiger partial charge >= 0.3 is 0 Å². The van der Waals surface area contributed by atoms with Crippen molar-refractivity contribution in [2.75, 3.05) is 20.2 Å². The first-order chi connectivity index (χ1) is 16.4. The van der Waals surface area contributed by atoms with Crippen molar-refractivity contribution in [2.45, 2.75) is 26.4 Å². The number of benzene rings is 2. The second-order valence-electron chi connectivity index (χ2n) is 8.23. The smallest absolute Gasteiger partial charge is 0.265 e. The number of fused-ring (bicyclic) bond motifs is 3. The molecular weight excluding hydrogens is 486 g/mol. The van der Waals surface area contributed by atoms with Gasteiger partial charge in [0.2, 0.25) is 0 Å². The Balaban J connectivity index is 0.00000342. The number of carbonyl (C=O) groups excluding carboxylic acids is 2. The van der Waals surface area contributed by atoms with Crippen molar-refractivity contribution < 1.29 is 14.3 Å². The van der Waals surface area contributed by atoms with Gasteiger partial charge in [-0.25, -0.2) is 0 Å². The van der Waals surface area contributed by atoms with E-state index in [-0.39, 0.29) is 42.0 Å². The van der Waals surface area contributed by atoms with E-state index in [4.69, 9.17) is 4.74 Å². The van der Waals surface area contributed by atoms with Gasteiger partial charge < -0.3 is 15.4 Å². The summed E-state index contributed by atoms with van der Waals surface area (Å²) < 4.78 is 7.72. The van der Waals surface area contributed by atoms with Crippen LogP contribution >= 0.6 is 23.7 Å². The molecule has 184 valence electrons. The fourth-order valence-corrected chi connectivity index (χ4v) is 5.13. The molecule has 0 radical (unpaired) electrons. The third-order valence-corrected chi connectivity index (χ3v) is 6.74. The van der Waals surface area contributed by atoms with Gasteiger partial charge in [-0.15, -0.1) is 23.7 Å². The van der Waals surface area contributed by atoms with Crippen LogP contribution in [0.3, 0.4) is 0 Å². The summed E-state index contributed by atoms with van der Waals surface area (Å²) in [6.07, 6.45) is 0. The van der Waals surface area contributed by atoms with Crippen LogP contribution in [0.5, 0.6) is 5.75 Å². The number of pyridine rings is 1. The van der Waals surface area contributed by atoms with E-state index in [9.17, 15) is 14.4 Å². The van der Waals surface area contributed by atoms with Gasteiger partial charge in [0.1, 0.15) is 10.3 Å². The summed E-state index contributed by atoms with van der Waals surface area (Å²) in [5.41, 5.74) is 0.818. The number of Topliss-reactive ketones (excluding diaryl/α,β-unsaturated/α-hetero) is 1. The molecule has 0 saturated carbocycles. The third kappa shape index (κ3) is 5.40. The first-order valence-corrected chi connectivity index (χ1v) is 12.0. The molecule has 0 atom stereocenters. The molecule has 9 heteroatoms. The fraction of sp³-hybridized carbons (Fsp3) is 0.269. The number of thiophene rings is 1. The van der Waals surface area contributed by atoms with Gasteiger partial charge in [-0.1, -0.05) is 62.4 Å². The van der Waals surface area contributed by atoms with Crippen LogP contribution < -0.4 is 20.9 Å². The first-order valence-electron chi connectivity index (χ1n) is 11.1. The predicted octanol–water partition coefficient (Wildman–Crippen LogP) is 4.26. The fourth-order valence-electron chi connectivity index (χ4n) is 3.92. The summed E-state index contributed by atoms with van der Waals surface area (Å²) >= 11 is 1.23. The molecule has 7 nitrogen and oxygen atoms in total. The largest absolute Gasteiger partial charge is 0.494 e. The van der Waals surface area contributed by atoms with Crippen LogP contribution in [0.4, 0.5) is 0 Å². The number of halogens is 1. The zero-order valence-corrected chi connectivity index (χ0v) is 21.4. The highest BCUT2D eigenvalue weighted by Crippen LogP contribution is 2.39. The summed E-state index contributed by atoms with van der Waals surface area (Å²) in [7, 11) is 1.45.